The Morgan fingerprint density at radius 3 is 3.29 bits per heavy atom. The Morgan fingerprint density at radius 2 is 2.50 bits per heavy atom. The number of aliphatic hydroxyl groups is 1. The van der Waals surface area contributed by atoms with Crippen LogP contribution in [0.3, 0.4) is 0 Å². The minimum atomic E-state index is -0.518. The van der Waals surface area contributed by atoms with E-state index < -0.39 is 5.76 Å². The fraction of sp³-hybridized carbons (Fsp3) is 0.111. The lowest BCUT2D eigenvalue weighted by Crippen LogP contribution is -1.93. The van der Waals surface area contributed by atoms with Gasteiger partial charge in [0.05, 0.1) is 6.61 Å². The van der Waals surface area contributed by atoms with Crippen LogP contribution in [0.4, 0.5) is 0 Å². The van der Waals surface area contributed by atoms with Crippen LogP contribution in [0.1, 0.15) is 5.56 Å². The summed E-state index contributed by atoms with van der Waals surface area (Å²) < 4.78 is 4.82. The van der Waals surface area contributed by atoms with Gasteiger partial charge in [0.25, 0.3) is 0 Å². The largest absolute Gasteiger partial charge is 0.418 e. The highest BCUT2D eigenvalue weighted by atomic mass is 16.4. The summed E-state index contributed by atoms with van der Waals surface area (Å²) in [6.07, 6.45) is 4.85. The van der Waals surface area contributed by atoms with E-state index in [1.54, 1.807) is 24.4 Å². The van der Waals surface area contributed by atoms with Gasteiger partial charge in [-0.2, -0.15) is 0 Å². The fourth-order valence-electron chi connectivity index (χ4n) is 1.13. The number of nitrogens with one attached hydrogen (secondary N) is 1. The van der Waals surface area contributed by atoms with Crippen molar-refractivity contribution in [3.8, 4) is 0 Å². The Labute approximate surface area is 78.7 Å². The van der Waals surface area contributed by atoms with Crippen molar-refractivity contribution in [1.29, 1.82) is 0 Å². The first-order valence-corrected chi connectivity index (χ1v) is 4.06. The third kappa shape index (κ3) is 1.57. The summed E-state index contributed by atoms with van der Waals surface area (Å²) in [6, 6.07) is 1.67. The smallest absolute Gasteiger partial charge is 0.406 e. The number of aromatic amines is 1. The predicted octanol–water partition coefficient (Wildman–Crippen LogP) is 0.522. The lowest BCUT2D eigenvalue weighted by molar-refractivity contribution is 0.343. The molecule has 0 amide bonds. The summed E-state index contributed by atoms with van der Waals surface area (Å²) in [5.74, 6) is -0.518. The number of nitrogens with zero attached hydrogens (tertiary/aromatic N) is 1. The summed E-state index contributed by atoms with van der Waals surface area (Å²) in [5, 5.41) is 8.56. The van der Waals surface area contributed by atoms with Crippen LogP contribution in [0, 0.1) is 0 Å². The molecule has 0 bridgehead atoms. The van der Waals surface area contributed by atoms with E-state index in [0.29, 0.717) is 11.2 Å². The van der Waals surface area contributed by atoms with Gasteiger partial charge in [-0.3, -0.25) is 4.98 Å². The average Bonchev–Trinajstić information content (AvgIpc) is 2.54. The molecule has 0 fully saturated rings. The topological polar surface area (TPSA) is 79.1 Å². The number of H-pyrrole nitrogens is 1. The molecule has 2 heterocycles. The van der Waals surface area contributed by atoms with Crippen LogP contribution in [0.15, 0.2) is 27.6 Å². The first-order valence-electron chi connectivity index (χ1n) is 4.06. The standard InChI is InChI=1S/C9H8N2O3/c12-3-1-2-6-4-7-8(10-5-6)11-9(13)14-7/h1-2,4-5,12H,3H2,(H,10,11,13). The minimum absolute atomic E-state index is 0.0326. The summed E-state index contributed by atoms with van der Waals surface area (Å²) in [5.41, 5.74) is 1.61. The van der Waals surface area contributed by atoms with Crippen molar-refractivity contribution in [3.05, 3.63) is 34.5 Å². The lowest BCUT2D eigenvalue weighted by Gasteiger charge is -1.90. The van der Waals surface area contributed by atoms with Crippen molar-refractivity contribution >= 4 is 17.3 Å². The molecule has 14 heavy (non-hydrogen) atoms. The molecule has 2 aromatic heterocycles. The maximum Gasteiger partial charge on any atom is 0.418 e. The molecule has 0 spiro atoms. The van der Waals surface area contributed by atoms with Crippen LogP contribution < -0.4 is 5.76 Å². The molecule has 0 aliphatic rings. The van der Waals surface area contributed by atoms with Crippen molar-refractivity contribution in [2.24, 2.45) is 0 Å². The number of aliphatic hydroxyl groups excluding tert-OH is 1. The molecule has 0 unspecified atom stereocenters. The van der Waals surface area contributed by atoms with E-state index in [0.717, 1.165) is 5.56 Å². The second-order valence-corrected chi connectivity index (χ2v) is 2.71. The number of hydrogen-bond donors (Lipinski definition) is 2. The van der Waals surface area contributed by atoms with Gasteiger partial charge in [0, 0.05) is 6.20 Å². The van der Waals surface area contributed by atoms with Crippen LogP contribution in [0.2, 0.25) is 0 Å². The zero-order chi connectivity index (χ0) is 9.97. The molecule has 0 saturated heterocycles. The highest BCUT2D eigenvalue weighted by Crippen LogP contribution is 2.09. The van der Waals surface area contributed by atoms with Gasteiger partial charge < -0.3 is 9.52 Å². The van der Waals surface area contributed by atoms with Crippen LogP contribution in [-0.4, -0.2) is 21.7 Å². The van der Waals surface area contributed by atoms with E-state index in [-0.39, 0.29) is 6.61 Å². The third-order valence-corrected chi connectivity index (χ3v) is 1.71. The molecule has 72 valence electrons. The van der Waals surface area contributed by atoms with Gasteiger partial charge in [0.2, 0.25) is 0 Å². The molecule has 2 rings (SSSR count). The Kier molecular flexibility index (Phi) is 2.16. The number of hydrogen-bond acceptors (Lipinski definition) is 4. The number of pyridine rings is 1. The van der Waals surface area contributed by atoms with Crippen molar-refractivity contribution in [2.75, 3.05) is 6.61 Å². The molecule has 0 aliphatic carbocycles. The molecule has 0 aliphatic heterocycles. The van der Waals surface area contributed by atoms with Crippen molar-refractivity contribution in [2.45, 2.75) is 0 Å². The van der Waals surface area contributed by atoms with E-state index in [1.807, 2.05) is 0 Å². The van der Waals surface area contributed by atoms with Gasteiger partial charge in [-0.25, -0.2) is 9.78 Å². The van der Waals surface area contributed by atoms with E-state index in [4.69, 9.17) is 9.52 Å². The highest BCUT2D eigenvalue weighted by Gasteiger charge is 2.01. The van der Waals surface area contributed by atoms with E-state index >= 15 is 0 Å². The maximum absolute atomic E-state index is 10.8. The van der Waals surface area contributed by atoms with E-state index in [9.17, 15) is 4.79 Å². The molecule has 0 radical (unpaired) electrons. The number of rotatable bonds is 2. The molecule has 5 heteroatoms. The number of aromatic nitrogens is 2. The second kappa shape index (κ2) is 3.47. The summed E-state index contributed by atoms with van der Waals surface area (Å²) >= 11 is 0. The Hall–Kier alpha value is -1.88. The molecule has 2 N–H and O–H groups in total. The average molecular weight is 192 g/mol. The van der Waals surface area contributed by atoms with Crippen molar-refractivity contribution in [1.82, 2.24) is 9.97 Å². The zero-order valence-electron chi connectivity index (χ0n) is 7.23. The Morgan fingerprint density at radius 1 is 1.64 bits per heavy atom. The van der Waals surface area contributed by atoms with Gasteiger partial charge >= 0.3 is 5.76 Å². The highest BCUT2D eigenvalue weighted by molar-refractivity contribution is 5.70. The Balaban J connectivity index is 2.50. The first kappa shape index (κ1) is 8.71. The zero-order valence-corrected chi connectivity index (χ0v) is 7.23. The van der Waals surface area contributed by atoms with Gasteiger partial charge in [-0.05, 0) is 11.6 Å². The van der Waals surface area contributed by atoms with Crippen molar-refractivity contribution in [3.63, 3.8) is 0 Å². The van der Waals surface area contributed by atoms with Gasteiger partial charge in [0.15, 0.2) is 11.2 Å². The first-order chi connectivity index (χ1) is 6.79. The maximum atomic E-state index is 10.8. The summed E-state index contributed by atoms with van der Waals surface area (Å²) in [4.78, 5) is 17.2. The second-order valence-electron chi connectivity index (χ2n) is 2.71. The van der Waals surface area contributed by atoms with E-state index in [1.165, 1.54) is 0 Å². The number of fused-ring (bicyclic) bond motifs is 1. The fourth-order valence-corrected chi connectivity index (χ4v) is 1.13. The third-order valence-electron chi connectivity index (χ3n) is 1.71. The normalized spacial score (nSPS) is 11.5. The monoisotopic (exact) mass is 192 g/mol. The molecule has 0 saturated carbocycles. The molecular weight excluding hydrogens is 184 g/mol. The molecule has 2 aromatic rings. The predicted molar refractivity (Wildman–Crippen MR) is 50.7 cm³/mol. The molecule has 0 aromatic carbocycles. The quantitative estimate of drug-likeness (QED) is 0.727. The summed E-state index contributed by atoms with van der Waals surface area (Å²) in [6.45, 7) is -0.0326. The van der Waals surface area contributed by atoms with Gasteiger partial charge in [-0.1, -0.05) is 12.2 Å². The van der Waals surface area contributed by atoms with Crippen LogP contribution in [0.25, 0.3) is 17.3 Å². The van der Waals surface area contributed by atoms with Crippen molar-refractivity contribution < 1.29 is 9.52 Å². The van der Waals surface area contributed by atoms with Crippen LogP contribution >= 0.6 is 0 Å². The van der Waals surface area contributed by atoms with Crippen LogP contribution in [-0.2, 0) is 0 Å². The molecule has 5 nitrogen and oxygen atoms in total. The SMILES string of the molecule is O=c1[nH]c2ncc(C=CCO)cc2o1. The number of oxazole rings is 1. The van der Waals surface area contributed by atoms with Crippen LogP contribution in [0.5, 0.6) is 0 Å². The Bertz CT molecular complexity index is 524. The van der Waals surface area contributed by atoms with Gasteiger partial charge in [0.1, 0.15) is 0 Å². The van der Waals surface area contributed by atoms with E-state index in [2.05, 4.69) is 9.97 Å². The molecule has 0 atom stereocenters. The summed E-state index contributed by atoms with van der Waals surface area (Å²) in [7, 11) is 0. The molecular formula is C9H8N2O3. The minimum Gasteiger partial charge on any atom is -0.406 e. The lowest BCUT2D eigenvalue weighted by atomic mass is 10.2. The van der Waals surface area contributed by atoms with Gasteiger partial charge in [-0.15, -0.1) is 0 Å².